The Morgan fingerprint density at radius 2 is 2.00 bits per heavy atom. The topological polar surface area (TPSA) is 33.0 Å². The predicted octanol–water partition coefficient (Wildman–Crippen LogP) is 4.56. The van der Waals surface area contributed by atoms with E-state index >= 15 is 0 Å². The summed E-state index contributed by atoms with van der Waals surface area (Å²) < 4.78 is 5.58. The second-order valence-electron chi connectivity index (χ2n) is 4.01. The van der Waals surface area contributed by atoms with E-state index in [1.165, 1.54) is 25.7 Å². The highest BCUT2D eigenvalue weighted by atomic mass is 35.5. The van der Waals surface area contributed by atoms with Gasteiger partial charge in [0.05, 0.1) is 12.2 Å². The summed E-state index contributed by atoms with van der Waals surface area (Å²) >= 11 is 5.81. The monoisotopic (exact) mass is 251 g/mol. The van der Waals surface area contributed by atoms with Crippen molar-refractivity contribution in [2.75, 3.05) is 6.61 Å². The fourth-order valence-corrected chi connectivity index (χ4v) is 1.78. The maximum Gasteiger partial charge on any atom is 0.137 e. The lowest BCUT2D eigenvalue weighted by Gasteiger charge is -2.07. The third kappa shape index (κ3) is 5.10. The molecule has 0 unspecified atom stereocenters. The Bertz CT molecular complexity index is 384. The van der Waals surface area contributed by atoms with Gasteiger partial charge in [0.15, 0.2) is 0 Å². The molecule has 1 aromatic carbocycles. The van der Waals surface area contributed by atoms with Crippen LogP contribution in [0.1, 0.15) is 44.6 Å². The molecular weight excluding hydrogens is 234 g/mol. The quantitative estimate of drug-likeness (QED) is 0.666. The third-order valence-corrected chi connectivity index (χ3v) is 2.80. The molecule has 2 nitrogen and oxygen atoms in total. The Morgan fingerprint density at radius 1 is 1.24 bits per heavy atom. The zero-order valence-corrected chi connectivity index (χ0v) is 11.0. The molecule has 0 aliphatic rings. The molecule has 0 aromatic heterocycles. The zero-order chi connectivity index (χ0) is 12.5. The largest absolute Gasteiger partial charge is 0.492 e. The molecule has 0 radical (unpaired) electrons. The smallest absolute Gasteiger partial charge is 0.137 e. The van der Waals surface area contributed by atoms with Crippen molar-refractivity contribution in [2.24, 2.45) is 0 Å². The zero-order valence-electron chi connectivity index (χ0n) is 10.2. The number of hydrogen-bond acceptors (Lipinski definition) is 2. The molecule has 0 spiro atoms. The molecular formula is C14H18ClNO. The van der Waals surface area contributed by atoms with Crippen molar-refractivity contribution in [3.05, 3.63) is 28.8 Å². The molecule has 0 saturated carbocycles. The molecule has 3 heteroatoms. The van der Waals surface area contributed by atoms with Gasteiger partial charge < -0.3 is 4.74 Å². The van der Waals surface area contributed by atoms with Gasteiger partial charge in [-0.15, -0.1) is 0 Å². The van der Waals surface area contributed by atoms with E-state index in [0.717, 1.165) is 6.42 Å². The van der Waals surface area contributed by atoms with Gasteiger partial charge in [0.25, 0.3) is 0 Å². The van der Waals surface area contributed by atoms with Crippen LogP contribution in [0.25, 0.3) is 0 Å². The highest BCUT2D eigenvalue weighted by Gasteiger charge is 2.03. The second kappa shape index (κ2) is 7.97. The SMILES string of the molecule is CCCCCCCOc1ccc(Cl)cc1C#N. The van der Waals surface area contributed by atoms with Gasteiger partial charge in [-0.05, 0) is 24.6 Å². The van der Waals surface area contributed by atoms with E-state index in [-0.39, 0.29) is 0 Å². The van der Waals surface area contributed by atoms with Crippen LogP contribution in [-0.2, 0) is 0 Å². The Balaban J connectivity index is 2.34. The van der Waals surface area contributed by atoms with Crippen LogP contribution in [0, 0.1) is 11.3 Å². The average molecular weight is 252 g/mol. The second-order valence-corrected chi connectivity index (χ2v) is 4.45. The van der Waals surface area contributed by atoms with Crippen LogP contribution in [0.15, 0.2) is 18.2 Å². The van der Waals surface area contributed by atoms with Crippen molar-refractivity contribution >= 4 is 11.6 Å². The first-order chi connectivity index (χ1) is 8.27. The standard InChI is InChI=1S/C14H18ClNO/c1-2-3-4-5-6-9-17-14-8-7-13(15)10-12(14)11-16/h7-8,10H,2-6,9H2,1H3. The number of halogens is 1. The Labute approximate surface area is 108 Å². The van der Waals surface area contributed by atoms with Gasteiger partial charge in [-0.2, -0.15) is 5.26 Å². The Morgan fingerprint density at radius 3 is 2.71 bits per heavy atom. The number of nitrogens with zero attached hydrogens (tertiary/aromatic N) is 1. The average Bonchev–Trinajstić information content (AvgIpc) is 2.35. The van der Waals surface area contributed by atoms with E-state index in [2.05, 4.69) is 13.0 Å². The predicted molar refractivity (Wildman–Crippen MR) is 70.4 cm³/mol. The highest BCUT2D eigenvalue weighted by molar-refractivity contribution is 6.30. The van der Waals surface area contributed by atoms with E-state index in [0.29, 0.717) is 22.9 Å². The molecule has 17 heavy (non-hydrogen) atoms. The normalized spacial score (nSPS) is 9.94. The van der Waals surface area contributed by atoms with Crippen molar-refractivity contribution in [2.45, 2.75) is 39.0 Å². The fraction of sp³-hybridized carbons (Fsp3) is 0.500. The lowest BCUT2D eigenvalue weighted by atomic mass is 10.2. The van der Waals surface area contributed by atoms with E-state index in [1.807, 2.05) is 0 Å². The minimum absolute atomic E-state index is 0.506. The van der Waals surface area contributed by atoms with Gasteiger partial charge in [-0.1, -0.05) is 44.2 Å². The first kappa shape index (κ1) is 13.9. The van der Waals surface area contributed by atoms with Gasteiger partial charge >= 0.3 is 0 Å². The van der Waals surface area contributed by atoms with Crippen LogP contribution >= 0.6 is 11.6 Å². The number of rotatable bonds is 7. The van der Waals surface area contributed by atoms with Crippen LogP contribution in [0.4, 0.5) is 0 Å². The van der Waals surface area contributed by atoms with Gasteiger partial charge in [0, 0.05) is 5.02 Å². The van der Waals surface area contributed by atoms with Crippen LogP contribution in [0.3, 0.4) is 0 Å². The number of benzene rings is 1. The van der Waals surface area contributed by atoms with Gasteiger partial charge in [0.2, 0.25) is 0 Å². The van der Waals surface area contributed by atoms with Gasteiger partial charge in [-0.3, -0.25) is 0 Å². The molecule has 0 aliphatic heterocycles. The first-order valence-corrected chi connectivity index (χ1v) is 6.48. The molecule has 0 fully saturated rings. The van der Waals surface area contributed by atoms with E-state index < -0.39 is 0 Å². The maximum atomic E-state index is 8.93. The summed E-state index contributed by atoms with van der Waals surface area (Å²) in [6.45, 7) is 2.86. The molecule has 92 valence electrons. The molecule has 0 aliphatic carbocycles. The maximum absolute atomic E-state index is 8.93. The molecule has 0 amide bonds. The van der Waals surface area contributed by atoms with Crippen molar-refractivity contribution < 1.29 is 4.74 Å². The summed E-state index contributed by atoms with van der Waals surface area (Å²) in [5, 5.41) is 9.49. The van der Waals surface area contributed by atoms with Gasteiger partial charge in [0.1, 0.15) is 11.8 Å². The molecule has 0 heterocycles. The third-order valence-electron chi connectivity index (χ3n) is 2.57. The Hall–Kier alpha value is -1.20. The molecule has 0 saturated heterocycles. The number of hydrogen-bond donors (Lipinski definition) is 0. The summed E-state index contributed by atoms with van der Waals surface area (Å²) in [7, 11) is 0. The lowest BCUT2D eigenvalue weighted by Crippen LogP contribution is -1.99. The molecule has 0 N–H and O–H groups in total. The highest BCUT2D eigenvalue weighted by Crippen LogP contribution is 2.22. The van der Waals surface area contributed by atoms with Crippen LogP contribution < -0.4 is 4.74 Å². The molecule has 0 bridgehead atoms. The minimum Gasteiger partial charge on any atom is -0.492 e. The van der Waals surface area contributed by atoms with Crippen LogP contribution in [0.2, 0.25) is 5.02 Å². The lowest BCUT2D eigenvalue weighted by molar-refractivity contribution is 0.304. The number of nitriles is 1. The summed E-state index contributed by atoms with van der Waals surface area (Å²) in [5.41, 5.74) is 0.506. The van der Waals surface area contributed by atoms with Crippen molar-refractivity contribution in [3.63, 3.8) is 0 Å². The van der Waals surface area contributed by atoms with Crippen LogP contribution in [-0.4, -0.2) is 6.61 Å². The first-order valence-electron chi connectivity index (χ1n) is 6.10. The summed E-state index contributed by atoms with van der Waals surface area (Å²) in [6.07, 6.45) is 6.00. The van der Waals surface area contributed by atoms with Crippen molar-refractivity contribution in [1.29, 1.82) is 5.26 Å². The van der Waals surface area contributed by atoms with Crippen molar-refractivity contribution in [1.82, 2.24) is 0 Å². The fourth-order valence-electron chi connectivity index (χ4n) is 1.60. The van der Waals surface area contributed by atoms with Crippen LogP contribution in [0.5, 0.6) is 5.75 Å². The van der Waals surface area contributed by atoms with E-state index in [9.17, 15) is 0 Å². The molecule has 0 atom stereocenters. The van der Waals surface area contributed by atoms with Crippen molar-refractivity contribution in [3.8, 4) is 11.8 Å². The Kier molecular flexibility index (Phi) is 6.50. The minimum atomic E-state index is 0.506. The van der Waals surface area contributed by atoms with Gasteiger partial charge in [-0.25, -0.2) is 0 Å². The van der Waals surface area contributed by atoms with E-state index in [4.69, 9.17) is 21.6 Å². The molecule has 1 aromatic rings. The summed E-state index contributed by atoms with van der Waals surface area (Å²) in [4.78, 5) is 0. The number of unbranched alkanes of at least 4 members (excludes halogenated alkanes) is 4. The van der Waals surface area contributed by atoms with E-state index in [1.54, 1.807) is 18.2 Å². The summed E-state index contributed by atoms with van der Waals surface area (Å²) in [5.74, 6) is 0.632. The summed E-state index contributed by atoms with van der Waals surface area (Å²) in [6, 6.07) is 7.22. The molecule has 1 rings (SSSR count). The number of ether oxygens (including phenoxy) is 1.